The fraction of sp³-hybridized carbons (Fsp3) is 0.615. The number of carbonyl (C=O) groups excluding carboxylic acids is 3. The van der Waals surface area contributed by atoms with Crippen LogP contribution in [0.4, 0.5) is 9.93 Å². The molecule has 1 aliphatic carbocycles. The number of aromatic nitrogens is 2. The molecule has 0 aliphatic heterocycles. The van der Waals surface area contributed by atoms with E-state index in [9.17, 15) is 14.4 Å². The molecule has 1 aromatic rings. The molecule has 1 aromatic heterocycles. The third kappa shape index (κ3) is 5.17. The maximum absolute atomic E-state index is 12.0. The normalized spacial score (nSPS) is 13.5. The van der Waals surface area contributed by atoms with Gasteiger partial charge in [-0.2, -0.15) is 0 Å². The third-order valence-corrected chi connectivity index (χ3v) is 5.06. The summed E-state index contributed by atoms with van der Waals surface area (Å²) in [5.41, 5.74) is 0. The van der Waals surface area contributed by atoms with Crippen molar-refractivity contribution in [2.45, 2.75) is 43.5 Å². The number of imide groups is 1. The highest BCUT2D eigenvalue weighted by Crippen LogP contribution is 2.36. The lowest BCUT2D eigenvalue weighted by Gasteiger charge is -2.17. The van der Waals surface area contributed by atoms with Gasteiger partial charge in [-0.1, -0.05) is 30.0 Å². The molecule has 8 nitrogen and oxygen atoms in total. The number of thioether (sulfide) groups is 1. The van der Waals surface area contributed by atoms with Crippen LogP contribution in [-0.4, -0.2) is 46.4 Å². The van der Waals surface area contributed by atoms with Crippen LogP contribution >= 0.6 is 23.1 Å². The van der Waals surface area contributed by atoms with E-state index in [0.717, 1.165) is 12.8 Å². The molecule has 126 valence electrons. The van der Waals surface area contributed by atoms with Crippen LogP contribution in [0, 0.1) is 0 Å². The summed E-state index contributed by atoms with van der Waals surface area (Å²) in [5, 5.41) is 13.3. The molecule has 0 atom stereocenters. The molecule has 1 heterocycles. The van der Waals surface area contributed by atoms with E-state index in [1.54, 1.807) is 11.8 Å². The van der Waals surface area contributed by atoms with Gasteiger partial charge < -0.3 is 5.32 Å². The number of urea groups is 1. The van der Waals surface area contributed by atoms with E-state index in [1.807, 2.05) is 6.92 Å². The summed E-state index contributed by atoms with van der Waals surface area (Å²) in [5.74, 6) is -0.299. The van der Waals surface area contributed by atoms with Crippen LogP contribution in [0.1, 0.15) is 33.1 Å². The molecule has 23 heavy (non-hydrogen) atoms. The Bertz CT molecular complexity index is 588. The zero-order valence-electron chi connectivity index (χ0n) is 13.0. The van der Waals surface area contributed by atoms with E-state index in [4.69, 9.17) is 0 Å². The van der Waals surface area contributed by atoms with E-state index in [2.05, 4.69) is 20.8 Å². The average molecular weight is 357 g/mol. The average Bonchev–Trinajstić information content (AvgIpc) is 3.23. The van der Waals surface area contributed by atoms with E-state index >= 15 is 0 Å². The number of nitrogens with zero attached hydrogens (tertiary/aromatic N) is 3. The topological polar surface area (TPSA) is 104 Å². The molecular formula is C13H19N5O3S2. The Kier molecular flexibility index (Phi) is 6.34. The second-order valence-corrected chi connectivity index (χ2v) is 7.07. The molecule has 10 heteroatoms. The van der Waals surface area contributed by atoms with Crippen LogP contribution in [0.2, 0.25) is 0 Å². The standard InChI is InChI=1S/C13H19N5O3S2/c1-3-10(20)18(8-5-6-8)12-16-17-13(23-12)22-7-9(19)15-11(21)14-4-2/h8H,3-7H2,1-2H3,(H2,14,15,19,21). The van der Waals surface area contributed by atoms with E-state index in [1.165, 1.54) is 23.1 Å². The summed E-state index contributed by atoms with van der Waals surface area (Å²) in [6.45, 7) is 4.04. The summed E-state index contributed by atoms with van der Waals surface area (Å²) in [7, 11) is 0. The minimum atomic E-state index is -0.510. The Hall–Kier alpha value is -1.68. The smallest absolute Gasteiger partial charge is 0.321 e. The second kappa shape index (κ2) is 8.25. The Morgan fingerprint density at radius 2 is 2.04 bits per heavy atom. The van der Waals surface area contributed by atoms with Crippen LogP contribution in [0.5, 0.6) is 0 Å². The maximum Gasteiger partial charge on any atom is 0.321 e. The number of hydrogen-bond donors (Lipinski definition) is 2. The van der Waals surface area contributed by atoms with Gasteiger partial charge in [0.25, 0.3) is 0 Å². The van der Waals surface area contributed by atoms with Gasteiger partial charge in [-0.25, -0.2) is 4.79 Å². The van der Waals surface area contributed by atoms with Crippen molar-refractivity contribution in [3.8, 4) is 0 Å². The first-order chi connectivity index (χ1) is 11.0. The van der Waals surface area contributed by atoms with Gasteiger partial charge in [0, 0.05) is 19.0 Å². The highest BCUT2D eigenvalue weighted by atomic mass is 32.2. The fourth-order valence-corrected chi connectivity index (χ4v) is 3.55. The van der Waals surface area contributed by atoms with Crippen molar-refractivity contribution in [2.75, 3.05) is 17.2 Å². The van der Waals surface area contributed by atoms with Crippen molar-refractivity contribution < 1.29 is 14.4 Å². The lowest BCUT2D eigenvalue weighted by molar-refractivity contribution is -0.118. The first-order valence-corrected chi connectivity index (χ1v) is 9.21. The highest BCUT2D eigenvalue weighted by molar-refractivity contribution is 8.01. The molecule has 0 radical (unpaired) electrons. The van der Waals surface area contributed by atoms with Gasteiger partial charge >= 0.3 is 6.03 Å². The number of amides is 4. The van der Waals surface area contributed by atoms with E-state index < -0.39 is 11.9 Å². The lowest BCUT2D eigenvalue weighted by Crippen LogP contribution is -2.40. The molecule has 0 bridgehead atoms. The monoisotopic (exact) mass is 357 g/mol. The van der Waals surface area contributed by atoms with Gasteiger partial charge in [0.1, 0.15) is 0 Å². The zero-order chi connectivity index (χ0) is 16.8. The van der Waals surface area contributed by atoms with Gasteiger partial charge in [0.05, 0.1) is 5.75 Å². The van der Waals surface area contributed by atoms with Crippen molar-refractivity contribution in [3.63, 3.8) is 0 Å². The largest absolute Gasteiger partial charge is 0.338 e. The molecular weight excluding hydrogens is 338 g/mol. The van der Waals surface area contributed by atoms with Crippen LogP contribution in [0.15, 0.2) is 4.34 Å². The first kappa shape index (κ1) is 17.7. The maximum atomic E-state index is 12.0. The molecule has 0 saturated heterocycles. The summed E-state index contributed by atoms with van der Waals surface area (Å²) in [6.07, 6.45) is 2.40. The number of nitrogens with one attached hydrogen (secondary N) is 2. The van der Waals surface area contributed by atoms with Crippen molar-refractivity contribution in [1.82, 2.24) is 20.8 Å². The predicted octanol–water partition coefficient (Wildman–Crippen LogP) is 1.38. The quantitative estimate of drug-likeness (QED) is 0.564. The van der Waals surface area contributed by atoms with E-state index in [0.29, 0.717) is 22.4 Å². The molecule has 0 unspecified atom stereocenters. The summed E-state index contributed by atoms with van der Waals surface area (Å²) in [4.78, 5) is 36.5. The molecule has 1 saturated carbocycles. The van der Waals surface area contributed by atoms with Gasteiger partial charge in [0.15, 0.2) is 4.34 Å². The van der Waals surface area contributed by atoms with E-state index in [-0.39, 0.29) is 17.7 Å². The molecule has 0 aromatic carbocycles. The lowest BCUT2D eigenvalue weighted by atomic mass is 10.4. The molecule has 2 rings (SSSR count). The second-order valence-electron chi connectivity index (χ2n) is 4.90. The number of rotatable bonds is 7. The SMILES string of the molecule is CCNC(=O)NC(=O)CSc1nnc(N(C(=O)CC)C2CC2)s1. The summed E-state index contributed by atoms with van der Waals surface area (Å²) < 4.78 is 0.598. The minimum Gasteiger partial charge on any atom is -0.338 e. The van der Waals surface area contributed by atoms with Crippen molar-refractivity contribution >= 4 is 46.1 Å². The van der Waals surface area contributed by atoms with Crippen LogP contribution < -0.4 is 15.5 Å². The van der Waals surface area contributed by atoms with Gasteiger partial charge in [0.2, 0.25) is 16.9 Å². The van der Waals surface area contributed by atoms with Gasteiger partial charge in [-0.3, -0.25) is 19.8 Å². The van der Waals surface area contributed by atoms with Crippen LogP contribution in [-0.2, 0) is 9.59 Å². The number of anilines is 1. The van der Waals surface area contributed by atoms with Crippen LogP contribution in [0.3, 0.4) is 0 Å². The Morgan fingerprint density at radius 3 is 2.65 bits per heavy atom. The Morgan fingerprint density at radius 1 is 1.30 bits per heavy atom. The molecule has 1 fully saturated rings. The summed E-state index contributed by atoms with van der Waals surface area (Å²) >= 11 is 2.48. The molecule has 1 aliphatic rings. The Labute approximate surface area is 142 Å². The predicted molar refractivity (Wildman–Crippen MR) is 88.6 cm³/mol. The minimum absolute atomic E-state index is 0.0363. The molecule has 2 N–H and O–H groups in total. The fourth-order valence-electron chi connectivity index (χ4n) is 1.82. The Balaban J connectivity index is 1.88. The highest BCUT2D eigenvalue weighted by Gasteiger charge is 2.35. The van der Waals surface area contributed by atoms with Crippen molar-refractivity contribution in [2.24, 2.45) is 0 Å². The molecule has 0 spiro atoms. The summed E-state index contributed by atoms with van der Waals surface area (Å²) in [6, 6.07) is -0.279. The van der Waals surface area contributed by atoms with Crippen LogP contribution in [0.25, 0.3) is 0 Å². The first-order valence-electron chi connectivity index (χ1n) is 7.41. The van der Waals surface area contributed by atoms with Crippen molar-refractivity contribution in [1.29, 1.82) is 0 Å². The zero-order valence-corrected chi connectivity index (χ0v) is 14.6. The van der Waals surface area contributed by atoms with Crippen molar-refractivity contribution in [3.05, 3.63) is 0 Å². The number of carbonyl (C=O) groups is 3. The molecule has 4 amide bonds. The number of hydrogen-bond acceptors (Lipinski definition) is 7. The van der Waals surface area contributed by atoms with Gasteiger partial charge in [-0.05, 0) is 19.8 Å². The third-order valence-electron chi connectivity index (χ3n) is 3.00. The van der Waals surface area contributed by atoms with Gasteiger partial charge in [-0.15, -0.1) is 10.2 Å².